The van der Waals surface area contributed by atoms with E-state index in [1.807, 2.05) is 38.1 Å². The van der Waals surface area contributed by atoms with Crippen molar-refractivity contribution in [1.29, 1.82) is 5.26 Å². The molecule has 0 aliphatic heterocycles. The molecular formula is C24H27N3O4. The molecule has 1 unspecified atom stereocenters. The molecule has 1 atom stereocenters. The number of hydrogen-bond donors (Lipinski definition) is 1. The Hall–Kier alpha value is -3.53. The minimum Gasteiger partial charge on any atom is -0.497 e. The van der Waals surface area contributed by atoms with E-state index in [1.54, 1.807) is 19.2 Å². The van der Waals surface area contributed by atoms with Gasteiger partial charge in [-0.3, -0.25) is 4.79 Å². The number of methoxy groups -OCH3 is 1. The molecular weight excluding hydrogens is 394 g/mol. The summed E-state index contributed by atoms with van der Waals surface area (Å²) in [5, 5.41) is 12.2. The van der Waals surface area contributed by atoms with Crippen molar-refractivity contribution in [2.45, 2.75) is 52.3 Å². The minimum atomic E-state index is -1.03. The summed E-state index contributed by atoms with van der Waals surface area (Å²) in [5.41, 5.74) is 3.69. The number of hydrogen-bond acceptors (Lipinski definition) is 5. The fraction of sp³-hybridized carbons (Fsp3) is 0.375. The molecule has 1 aliphatic carbocycles. The molecule has 1 aromatic heterocycles. The van der Waals surface area contributed by atoms with E-state index in [1.165, 1.54) is 13.0 Å². The highest BCUT2D eigenvalue weighted by molar-refractivity contribution is 5.99. The first-order valence-corrected chi connectivity index (χ1v) is 10.3. The number of carbonyl (C=O) groups is 2. The summed E-state index contributed by atoms with van der Waals surface area (Å²) in [6.45, 7) is 5.77. The first-order chi connectivity index (χ1) is 14.8. The van der Waals surface area contributed by atoms with Crippen LogP contribution in [0.2, 0.25) is 0 Å². The standard InChI is InChI=1S/C24H27N3O4/c1-15-11-19(16(2)27(15)21-7-8-21)12-20(13-25)24(29)31-17(3)23(28)26-14-18-5-9-22(30-4)10-6-18/h5-6,9-12,17,21H,7-8,14H2,1-4H3,(H,26,28). The van der Waals surface area contributed by atoms with Crippen molar-refractivity contribution < 1.29 is 19.1 Å². The number of carbonyl (C=O) groups excluding carboxylic acids is 2. The van der Waals surface area contributed by atoms with Gasteiger partial charge in [0, 0.05) is 24.0 Å². The number of ether oxygens (including phenoxy) is 2. The molecule has 1 amide bonds. The Morgan fingerprint density at radius 3 is 2.55 bits per heavy atom. The maximum absolute atomic E-state index is 12.5. The third-order valence-corrected chi connectivity index (χ3v) is 5.35. The van der Waals surface area contributed by atoms with Crippen LogP contribution < -0.4 is 10.1 Å². The van der Waals surface area contributed by atoms with Crippen LogP contribution in [0, 0.1) is 25.2 Å². The van der Waals surface area contributed by atoms with Crippen LogP contribution >= 0.6 is 0 Å². The average Bonchev–Trinajstić information content (AvgIpc) is 3.55. The summed E-state index contributed by atoms with van der Waals surface area (Å²) in [6, 6.07) is 11.6. The predicted molar refractivity (Wildman–Crippen MR) is 116 cm³/mol. The largest absolute Gasteiger partial charge is 0.497 e. The summed E-state index contributed by atoms with van der Waals surface area (Å²) >= 11 is 0. The van der Waals surface area contributed by atoms with E-state index in [2.05, 4.69) is 9.88 Å². The second kappa shape index (κ2) is 9.52. The van der Waals surface area contributed by atoms with Gasteiger partial charge in [0.05, 0.1) is 7.11 Å². The van der Waals surface area contributed by atoms with Crippen LogP contribution in [0.25, 0.3) is 6.08 Å². The number of esters is 1. The second-order valence-electron chi connectivity index (χ2n) is 7.71. The molecule has 0 bridgehead atoms. The lowest BCUT2D eigenvalue weighted by atomic mass is 10.1. The molecule has 1 fully saturated rings. The average molecular weight is 421 g/mol. The third-order valence-electron chi connectivity index (χ3n) is 5.35. The molecule has 1 saturated carbocycles. The van der Waals surface area contributed by atoms with Crippen LogP contribution in [0.5, 0.6) is 5.75 Å². The van der Waals surface area contributed by atoms with Gasteiger partial charge >= 0.3 is 5.97 Å². The van der Waals surface area contributed by atoms with Gasteiger partial charge in [0.1, 0.15) is 17.4 Å². The third kappa shape index (κ3) is 5.34. The number of benzene rings is 1. The number of aromatic nitrogens is 1. The molecule has 31 heavy (non-hydrogen) atoms. The molecule has 0 spiro atoms. The van der Waals surface area contributed by atoms with Crippen molar-refractivity contribution in [3.63, 3.8) is 0 Å². The quantitative estimate of drug-likeness (QED) is 0.399. The molecule has 7 nitrogen and oxygen atoms in total. The zero-order chi connectivity index (χ0) is 22.5. The Bertz CT molecular complexity index is 1040. The van der Waals surface area contributed by atoms with Crippen molar-refractivity contribution in [2.75, 3.05) is 7.11 Å². The molecule has 1 aromatic carbocycles. The van der Waals surface area contributed by atoms with Crippen molar-refractivity contribution in [3.05, 3.63) is 58.4 Å². The number of aryl methyl sites for hydroxylation is 1. The van der Waals surface area contributed by atoms with Crippen LogP contribution in [0.4, 0.5) is 0 Å². The Balaban J connectivity index is 1.60. The Labute approximate surface area is 182 Å². The van der Waals surface area contributed by atoms with E-state index in [0.29, 0.717) is 12.6 Å². The van der Waals surface area contributed by atoms with Crippen molar-refractivity contribution in [1.82, 2.24) is 9.88 Å². The number of rotatable bonds is 8. The van der Waals surface area contributed by atoms with Gasteiger partial charge in [-0.15, -0.1) is 0 Å². The van der Waals surface area contributed by atoms with E-state index >= 15 is 0 Å². The molecule has 0 saturated heterocycles. The molecule has 1 heterocycles. The summed E-state index contributed by atoms with van der Waals surface area (Å²) in [5.74, 6) is -0.523. The van der Waals surface area contributed by atoms with Crippen molar-refractivity contribution >= 4 is 18.0 Å². The molecule has 162 valence electrons. The van der Waals surface area contributed by atoms with Crippen molar-refractivity contribution in [3.8, 4) is 11.8 Å². The molecule has 1 N–H and O–H groups in total. The smallest absolute Gasteiger partial charge is 0.349 e. The Morgan fingerprint density at radius 2 is 1.97 bits per heavy atom. The summed E-state index contributed by atoms with van der Waals surface area (Å²) in [6.07, 6.45) is 2.80. The lowest BCUT2D eigenvalue weighted by Crippen LogP contribution is -2.35. The minimum absolute atomic E-state index is 0.133. The number of nitrogens with one attached hydrogen (secondary N) is 1. The zero-order valence-electron chi connectivity index (χ0n) is 18.3. The van der Waals surface area contributed by atoms with Crippen LogP contribution in [0.1, 0.15) is 48.3 Å². The maximum Gasteiger partial charge on any atom is 0.349 e. The van der Waals surface area contributed by atoms with Gasteiger partial charge in [-0.25, -0.2) is 4.79 Å². The highest BCUT2D eigenvalue weighted by Crippen LogP contribution is 2.38. The van der Waals surface area contributed by atoms with Gasteiger partial charge in [0.2, 0.25) is 0 Å². The van der Waals surface area contributed by atoms with E-state index in [9.17, 15) is 14.9 Å². The fourth-order valence-corrected chi connectivity index (χ4v) is 3.49. The number of nitriles is 1. The van der Waals surface area contributed by atoms with Crippen LogP contribution in [0.15, 0.2) is 35.9 Å². The van der Waals surface area contributed by atoms with Gasteiger partial charge in [0.15, 0.2) is 6.10 Å². The Kier molecular flexibility index (Phi) is 6.81. The van der Waals surface area contributed by atoms with Gasteiger partial charge in [-0.2, -0.15) is 5.26 Å². The predicted octanol–water partition coefficient (Wildman–Crippen LogP) is 3.60. The lowest BCUT2D eigenvalue weighted by molar-refractivity contribution is -0.150. The fourth-order valence-electron chi connectivity index (χ4n) is 3.49. The molecule has 2 aromatic rings. The highest BCUT2D eigenvalue weighted by atomic mass is 16.5. The second-order valence-corrected chi connectivity index (χ2v) is 7.71. The zero-order valence-corrected chi connectivity index (χ0v) is 18.3. The summed E-state index contributed by atoms with van der Waals surface area (Å²) < 4.78 is 12.6. The number of nitrogens with zero attached hydrogens (tertiary/aromatic N) is 2. The van der Waals surface area contributed by atoms with Gasteiger partial charge in [-0.05, 0) is 69.0 Å². The summed E-state index contributed by atoms with van der Waals surface area (Å²) in [4.78, 5) is 24.8. The van der Waals surface area contributed by atoms with Gasteiger partial charge in [0.25, 0.3) is 5.91 Å². The molecule has 0 radical (unpaired) electrons. The maximum atomic E-state index is 12.5. The van der Waals surface area contributed by atoms with E-state index in [-0.39, 0.29) is 5.57 Å². The van der Waals surface area contributed by atoms with Crippen LogP contribution in [0.3, 0.4) is 0 Å². The van der Waals surface area contributed by atoms with E-state index in [4.69, 9.17) is 9.47 Å². The molecule has 1 aliphatic rings. The lowest BCUT2D eigenvalue weighted by Gasteiger charge is -2.13. The number of amides is 1. The summed E-state index contributed by atoms with van der Waals surface area (Å²) in [7, 11) is 1.59. The highest BCUT2D eigenvalue weighted by Gasteiger charge is 2.27. The van der Waals surface area contributed by atoms with E-state index in [0.717, 1.165) is 41.1 Å². The first kappa shape index (κ1) is 22.2. The van der Waals surface area contributed by atoms with Crippen LogP contribution in [-0.4, -0.2) is 29.7 Å². The SMILES string of the molecule is COc1ccc(CNC(=O)C(C)OC(=O)C(C#N)=Cc2cc(C)n(C3CC3)c2C)cc1. The monoisotopic (exact) mass is 421 g/mol. The Morgan fingerprint density at radius 1 is 1.29 bits per heavy atom. The van der Waals surface area contributed by atoms with E-state index < -0.39 is 18.0 Å². The van der Waals surface area contributed by atoms with Gasteiger partial charge in [-0.1, -0.05) is 12.1 Å². The normalized spacial score (nSPS) is 14.5. The molecule has 3 rings (SSSR count). The van der Waals surface area contributed by atoms with Crippen molar-refractivity contribution in [2.24, 2.45) is 0 Å². The van der Waals surface area contributed by atoms with Crippen LogP contribution in [-0.2, 0) is 20.9 Å². The first-order valence-electron chi connectivity index (χ1n) is 10.3. The van der Waals surface area contributed by atoms with Gasteiger partial charge < -0.3 is 19.4 Å². The molecule has 7 heteroatoms. The topological polar surface area (TPSA) is 93.3 Å².